The minimum absolute atomic E-state index is 0.123. The van der Waals surface area contributed by atoms with Gasteiger partial charge in [-0.3, -0.25) is 9.59 Å². The number of allylic oxidation sites excluding steroid dienone is 14. The second kappa shape index (κ2) is 34.4. The average molecular weight is 759 g/mol. The van der Waals surface area contributed by atoms with Crippen LogP contribution in [0.25, 0.3) is 0 Å². The van der Waals surface area contributed by atoms with Crippen molar-refractivity contribution in [2.24, 2.45) is 0 Å². The molecule has 0 saturated carbocycles. The number of esters is 2. The van der Waals surface area contributed by atoms with E-state index in [1.54, 1.807) is 0 Å². The number of unbranched alkanes of at least 4 members (excludes halogenated alkanes) is 11. The van der Waals surface area contributed by atoms with Crippen molar-refractivity contribution in [3.63, 3.8) is 0 Å². The fraction of sp³-hybridized carbons (Fsp3) is 0.636. The molecule has 10 nitrogen and oxygen atoms in total. The Labute approximate surface area is 325 Å². The molecule has 1 heterocycles. The van der Waals surface area contributed by atoms with Gasteiger partial charge >= 0.3 is 11.9 Å². The van der Waals surface area contributed by atoms with Gasteiger partial charge < -0.3 is 39.4 Å². The van der Waals surface area contributed by atoms with E-state index >= 15 is 0 Å². The summed E-state index contributed by atoms with van der Waals surface area (Å²) in [6, 6.07) is 0. The van der Waals surface area contributed by atoms with Gasteiger partial charge in [-0.25, -0.2) is 0 Å². The van der Waals surface area contributed by atoms with Gasteiger partial charge in [-0.2, -0.15) is 0 Å². The SMILES string of the molecule is CC/C=C/C=C/C=C/C=C/C=C/CCCC(=O)OC(COC(=O)CCCCC/C=C/C=C/CCCCCCCCC)CO[C@H]1O[C@@H](CO)[C@@H](O)C(O)C1O. The van der Waals surface area contributed by atoms with Gasteiger partial charge in [-0.15, -0.1) is 0 Å². The van der Waals surface area contributed by atoms with Crippen LogP contribution in [0.5, 0.6) is 0 Å². The first-order chi connectivity index (χ1) is 26.3. The maximum Gasteiger partial charge on any atom is 0.306 e. The smallest absolute Gasteiger partial charge is 0.306 e. The van der Waals surface area contributed by atoms with Gasteiger partial charge in [0.25, 0.3) is 0 Å². The largest absolute Gasteiger partial charge is 0.462 e. The summed E-state index contributed by atoms with van der Waals surface area (Å²) in [5.41, 5.74) is 0. The molecule has 0 spiro atoms. The lowest BCUT2D eigenvalue weighted by Gasteiger charge is -2.39. The van der Waals surface area contributed by atoms with Crippen LogP contribution in [-0.4, -0.2) is 89.0 Å². The number of hydrogen-bond donors (Lipinski definition) is 4. The van der Waals surface area contributed by atoms with Crippen LogP contribution in [0.15, 0.2) is 85.1 Å². The molecule has 54 heavy (non-hydrogen) atoms. The van der Waals surface area contributed by atoms with Gasteiger partial charge in [0, 0.05) is 12.8 Å². The first kappa shape index (κ1) is 48.9. The number of ether oxygens (including phenoxy) is 4. The Bertz CT molecular complexity index is 1150. The lowest BCUT2D eigenvalue weighted by Crippen LogP contribution is -2.59. The number of rotatable bonds is 31. The Kier molecular flexibility index (Phi) is 31.1. The van der Waals surface area contributed by atoms with Gasteiger partial charge in [0.2, 0.25) is 0 Å². The van der Waals surface area contributed by atoms with Gasteiger partial charge in [0.15, 0.2) is 12.4 Å². The summed E-state index contributed by atoms with van der Waals surface area (Å²) in [5, 5.41) is 39.9. The van der Waals surface area contributed by atoms with Crippen molar-refractivity contribution >= 4 is 11.9 Å². The zero-order chi connectivity index (χ0) is 39.5. The summed E-state index contributed by atoms with van der Waals surface area (Å²) in [6.07, 6.45) is 36.1. The molecule has 0 radical (unpaired) electrons. The van der Waals surface area contributed by atoms with Crippen molar-refractivity contribution in [3.05, 3.63) is 85.1 Å². The molecule has 3 unspecified atom stereocenters. The van der Waals surface area contributed by atoms with Crippen molar-refractivity contribution in [2.45, 2.75) is 160 Å². The minimum Gasteiger partial charge on any atom is -0.462 e. The van der Waals surface area contributed by atoms with E-state index < -0.39 is 55.4 Å². The van der Waals surface area contributed by atoms with Gasteiger partial charge in [-0.1, -0.05) is 144 Å². The molecule has 306 valence electrons. The predicted octanol–water partition coefficient (Wildman–Crippen LogP) is 7.82. The molecule has 0 aromatic carbocycles. The van der Waals surface area contributed by atoms with Crippen LogP contribution in [0.2, 0.25) is 0 Å². The molecule has 6 atom stereocenters. The Balaban J connectivity index is 2.46. The third-order valence-electron chi connectivity index (χ3n) is 8.67. The lowest BCUT2D eigenvalue weighted by atomic mass is 9.99. The highest BCUT2D eigenvalue weighted by Crippen LogP contribution is 2.22. The van der Waals surface area contributed by atoms with Crippen LogP contribution < -0.4 is 0 Å². The van der Waals surface area contributed by atoms with Crippen LogP contribution in [0.1, 0.15) is 123 Å². The molecule has 0 aliphatic carbocycles. The highest BCUT2D eigenvalue weighted by atomic mass is 16.7. The first-order valence-electron chi connectivity index (χ1n) is 20.2. The second-order valence-electron chi connectivity index (χ2n) is 13.5. The van der Waals surface area contributed by atoms with E-state index in [0.29, 0.717) is 19.3 Å². The van der Waals surface area contributed by atoms with Crippen LogP contribution in [0.4, 0.5) is 0 Å². The summed E-state index contributed by atoms with van der Waals surface area (Å²) >= 11 is 0. The van der Waals surface area contributed by atoms with Crippen LogP contribution >= 0.6 is 0 Å². The molecular formula is C44H70O10. The first-order valence-corrected chi connectivity index (χ1v) is 20.2. The van der Waals surface area contributed by atoms with Crippen molar-refractivity contribution in [1.82, 2.24) is 0 Å². The molecule has 1 saturated heterocycles. The molecule has 4 N–H and O–H groups in total. The fourth-order valence-corrected chi connectivity index (χ4v) is 5.44. The minimum atomic E-state index is -1.62. The Hall–Kier alpha value is -3.12. The molecule has 0 aromatic rings. The second-order valence-corrected chi connectivity index (χ2v) is 13.5. The maximum absolute atomic E-state index is 12.7. The fourth-order valence-electron chi connectivity index (χ4n) is 5.44. The van der Waals surface area contributed by atoms with Crippen LogP contribution in [-0.2, 0) is 28.5 Å². The number of aliphatic hydroxyl groups is 4. The molecule has 1 aliphatic rings. The monoisotopic (exact) mass is 758 g/mol. The molecule has 0 bridgehead atoms. The van der Waals surface area contributed by atoms with Crippen molar-refractivity contribution in [3.8, 4) is 0 Å². The van der Waals surface area contributed by atoms with Crippen molar-refractivity contribution in [2.75, 3.05) is 19.8 Å². The molecule has 1 fully saturated rings. The highest BCUT2D eigenvalue weighted by Gasteiger charge is 2.44. The number of carbonyl (C=O) groups excluding carboxylic acids is 2. The van der Waals surface area contributed by atoms with E-state index in [0.717, 1.165) is 32.1 Å². The lowest BCUT2D eigenvalue weighted by molar-refractivity contribution is -0.305. The summed E-state index contributed by atoms with van der Waals surface area (Å²) in [4.78, 5) is 25.2. The summed E-state index contributed by atoms with van der Waals surface area (Å²) < 4.78 is 22.0. The Morgan fingerprint density at radius 2 is 1.11 bits per heavy atom. The van der Waals surface area contributed by atoms with E-state index in [-0.39, 0.29) is 26.1 Å². The number of aliphatic hydroxyl groups excluding tert-OH is 4. The molecule has 1 aliphatic heterocycles. The van der Waals surface area contributed by atoms with Gasteiger partial charge in [0.1, 0.15) is 31.0 Å². The van der Waals surface area contributed by atoms with Crippen molar-refractivity contribution in [1.29, 1.82) is 0 Å². The van der Waals surface area contributed by atoms with Crippen molar-refractivity contribution < 1.29 is 49.0 Å². The predicted molar refractivity (Wildman–Crippen MR) is 214 cm³/mol. The average Bonchev–Trinajstić information content (AvgIpc) is 3.17. The van der Waals surface area contributed by atoms with E-state index in [4.69, 9.17) is 18.9 Å². The van der Waals surface area contributed by atoms with E-state index in [2.05, 4.69) is 44.2 Å². The topological polar surface area (TPSA) is 152 Å². The zero-order valence-corrected chi connectivity index (χ0v) is 32.9. The summed E-state index contributed by atoms with van der Waals surface area (Å²) in [5.74, 6) is -0.935. The standard InChI is InChI=1S/C44H70O10/c1-3-5-7-9-11-13-15-17-18-19-21-22-24-26-28-30-32-39(46)51-35-37(36-52-44-43(50)42(49)41(48)38(34-45)54-44)53-40(47)33-31-29-27-25-23-20-16-14-12-10-8-6-4-2/h6,8,10,12,14,16,18-23,25,27,37-38,41-45,48-50H,3-5,7,9,11,13,15,17,24,26,28-36H2,1-2H3/b8-6+,12-10+,16-14+,19-18+,22-21+,23-20+,27-25+/t37?,38-,41+,42?,43?,44-/m0/s1. The zero-order valence-electron chi connectivity index (χ0n) is 32.9. The van der Waals surface area contributed by atoms with E-state index in [9.17, 15) is 30.0 Å². The van der Waals surface area contributed by atoms with Gasteiger partial charge in [0.05, 0.1) is 13.2 Å². The third kappa shape index (κ3) is 25.8. The molecule has 1 rings (SSSR count). The van der Waals surface area contributed by atoms with Crippen LogP contribution in [0, 0.1) is 0 Å². The summed E-state index contributed by atoms with van der Waals surface area (Å²) in [7, 11) is 0. The molecule has 0 amide bonds. The van der Waals surface area contributed by atoms with E-state index in [1.165, 1.54) is 44.9 Å². The maximum atomic E-state index is 12.7. The number of hydrogen-bond acceptors (Lipinski definition) is 10. The Morgan fingerprint density at radius 1 is 0.593 bits per heavy atom. The third-order valence-corrected chi connectivity index (χ3v) is 8.67. The van der Waals surface area contributed by atoms with Crippen LogP contribution in [0.3, 0.4) is 0 Å². The molecule has 10 heteroatoms. The Morgan fingerprint density at radius 3 is 1.72 bits per heavy atom. The molecular weight excluding hydrogens is 688 g/mol. The van der Waals surface area contributed by atoms with E-state index in [1.807, 2.05) is 54.7 Å². The quantitative estimate of drug-likeness (QED) is 0.0313. The van der Waals surface area contributed by atoms with Gasteiger partial charge in [-0.05, 0) is 51.4 Å². The molecule has 0 aromatic heterocycles. The number of carbonyl (C=O) groups is 2. The normalized spacial score (nSPS) is 21.6. The highest BCUT2D eigenvalue weighted by molar-refractivity contribution is 5.70. The summed E-state index contributed by atoms with van der Waals surface area (Å²) in [6.45, 7) is 3.14.